The number of allylic oxidation sites excluding steroid dienone is 2. The normalized spacial score (nSPS) is 19.1. The molecule has 4 heteroatoms. The molecule has 1 aliphatic carbocycles. The minimum atomic E-state index is -0.785. The second kappa shape index (κ2) is 8.42. The van der Waals surface area contributed by atoms with Gasteiger partial charge >= 0.3 is 5.97 Å². The molecule has 2 unspecified atom stereocenters. The number of hydrogen-bond donors (Lipinski definition) is 0. The van der Waals surface area contributed by atoms with Crippen molar-refractivity contribution in [1.29, 1.82) is 0 Å². The molecule has 4 nitrogen and oxygen atoms in total. The Morgan fingerprint density at radius 2 is 1.71 bits per heavy atom. The Morgan fingerprint density at radius 3 is 2.29 bits per heavy atom. The standard InChI is InChI=1S/C24H27NO3/c1-5-28-24(27)23-21(18-8-6-16(2)7-9-18)14-19(15-22(23)26)17-10-12-20(13-11-17)25(3)4/h6-13,15,21,23H,5,14H2,1-4H3. The highest BCUT2D eigenvalue weighted by molar-refractivity contribution is 6.10. The summed E-state index contributed by atoms with van der Waals surface area (Å²) in [5.74, 6) is -1.62. The first kappa shape index (κ1) is 19.9. The maximum atomic E-state index is 12.9. The van der Waals surface area contributed by atoms with Gasteiger partial charge in [-0.05, 0) is 55.2 Å². The molecule has 0 heterocycles. The van der Waals surface area contributed by atoms with Gasteiger partial charge in [0.25, 0.3) is 0 Å². The highest BCUT2D eigenvalue weighted by Crippen LogP contribution is 2.40. The summed E-state index contributed by atoms with van der Waals surface area (Å²) in [5, 5.41) is 0. The number of ketones is 1. The summed E-state index contributed by atoms with van der Waals surface area (Å²) in [7, 11) is 3.99. The molecule has 28 heavy (non-hydrogen) atoms. The van der Waals surface area contributed by atoms with Crippen LogP contribution in [-0.4, -0.2) is 32.5 Å². The topological polar surface area (TPSA) is 46.6 Å². The van der Waals surface area contributed by atoms with Crippen LogP contribution < -0.4 is 4.90 Å². The average molecular weight is 377 g/mol. The summed E-state index contributed by atoms with van der Waals surface area (Å²) in [4.78, 5) is 27.5. The summed E-state index contributed by atoms with van der Waals surface area (Å²) in [6.07, 6.45) is 2.25. The SMILES string of the molecule is CCOC(=O)C1C(=O)C=C(c2ccc(N(C)C)cc2)CC1c1ccc(C)cc1. The van der Waals surface area contributed by atoms with Crippen LogP contribution in [0, 0.1) is 12.8 Å². The lowest BCUT2D eigenvalue weighted by molar-refractivity contribution is -0.151. The van der Waals surface area contributed by atoms with Crippen molar-refractivity contribution in [3.8, 4) is 0 Å². The molecule has 146 valence electrons. The van der Waals surface area contributed by atoms with E-state index in [9.17, 15) is 9.59 Å². The maximum absolute atomic E-state index is 12.9. The zero-order valence-electron chi connectivity index (χ0n) is 16.9. The summed E-state index contributed by atoms with van der Waals surface area (Å²) >= 11 is 0. The predicted molar refractivity (Wildman–Crippen MR) is 112 cm³/mol. The molecule has 0 N–H and O–H groups in total. The van der Waals surface area contributed by atoms with Gasteiger partial charge in [-0.1, -0.05) is 42.0 Å². The fraction of sp³-hybridized carbons (Fsp3) is 0.333. The van der Waals surface area contributed by atoms with Crippen molar-refractivity contribution in [1.82, 2.24) is 0 Å². The largest absolute Gasteiger partial charge is 0.465 e. The van der Waals surface area contributed by atoms with Gasteiger partial charge < -0.3 is 9.64 Å². The summed E-state index contributed by atoms with van der Waals surface area (Å²) in [6, 6.07) is 16.2. The average Bonchev–Trinajstić information content (AvgIpc) is 2.68. The van der Waals surface area contributed by atoms with Gasteiger partial charge in [-0.2, -0.15) is 0 Å². The second-order valence-corrected chi connectivity index (χ2v) is 7.46. The van der Waals surface area contributed by atoms with Crippen LogP contribution in [0.1, 0.15) is 36.0 Å². The Morgan fingerprint density at radius 1 is 1.07 bits per heavy atom. The van der Waals surface area contributed by atoms with Gasteiger partial charge in [-0.3, -0.25) is 9.59 Å². The fourth-order valence-corrected chi connectivity index (χ4v) is 3.68. The molecule has 0 bridgehead atoms. The molecule has 0 saturated heterocycles. The third kappa shape index (κ3) is 4.16. The predicted octanol–water partition coefficient (Wildman–Crippen LogP) is 4.38. The van der Waals surface area contributed by atoms with Crippen LogP contribution in [0.2, 0.25) is 0 Å². The molecule has 0 saturated carbocycles. The first-order valence-corrected chi connectivity index (χ1v) is 9.66. The van der Waals surface area contributed by atoms with Crippen molar-refractivity contribution in [2.24, 2.45) is 5.92 Å². The number of hydrogen-bond acceptors (Lipinski definition) is 4. The van der Waals surface area contributed by atoms with Gasteiger partial charge in [0.1, 0.15) is 5.92 Å². The minimum Gasteiger partial charge on any atom is -0.465 e. The van der Waals surface area contributed by atoms with Crippen LogP contribution in [-0.2, 0) is 14.3 Å². The third-order valence-electron chi connectivity index (χ3n) is 5.27. The van der Waals surface area contributed by atoms with Crippen molar-refractivity contribution in [2.75, 3.05) is 25.6 Å². The Balaban J connectivity index is 1.98. The van der Waals surface area contributed by atoms with Crippen molar-refractivity contribution >= 4 is 23.0 Å². The molecule has 0 aliphatic heterocycles. The van der Waals surface area contributed by atoms with E-state index in [2.05, 4.69) is 0 Å². The quantitative estimate of drug-likeness (QED) is 0.573. The zero-order chi connectivity index (χ0) is 20.3. The van der Waals surface area contributed by atoms with E-state index in [0.29, 0.717) is 6.42 Å². The number of rotatable bonds is 5. The van der Waals surface area contributed by atoms with E-state index in [4.69, 9.17) is 4.74 Å². The van der Waals surface area contributed by atoms with Crippen LogP contribution in [0.5, 0.6) is 0 Å². The van der Waals surface area contributed by atoms with Crippen LogP contribution >= 0.6 is 0 Å². The number of carbonyl (C=O) groups is 2. The highest BCUT2D eigenvalue weighted by Gasteiger charge is 2.39. The summed E-state index contributed by atoms with van der Waals surface area (Å²) in [5.41, 5.74) is 5.21. The van der Waals surface area contributed by atoms with Gasteiger partial charge in [0.15, 0.2) is 5.78 Å². The van der Waals surface area contributed by atoms with E-state index in [-0.39, 0.29) is 18.3 Å². The first-order valence-electron chi connectivity index (χ1n) is 9.66. The van der Waals surface area contributed by atoms with Crippen molar-refractivity contribution in [3.63, 3.8) is 0 Å². The Bertz CT molecular complexity index is 879. The smallest absolute Gasteiger partial charge is 0.317 e. The van der Waals surface area contributed by atoms with E-state index >= 15 is 0 Å². The number of aryl methyl sites for hydroxylation is 1. The van der Waals surface area contributed by atoms with Crippen molar-refractivity contribution < 1.29 is 14.3 Å². The molecule has 0 radical (unpaired) electrons. The van der Waals surface area contributed by atoms with E-state index in [1.807, 2.05) is 74.4 Å². The number of nitrogens with zero attached hydrogens (tertiary/aromatic N) is 1. The molecule has 1 aliphatic rings. The summed E-state index contributed by atoms with van der Waals surface area (Å²) in [6.45, 7) is 4.06. The molecule has 2 aromatic rings. The zero-order valence-corrected chi connectivity index (χ0v) is 16.9. The van der Waals surface area contributed by atoms with E-state index in [1.54, 1.807) is 13.0 Å². The van der Waals surface area contributed by atoms with Crippen LogP contribution in [0.25, 0.3) is 5.57 Å². The van der Waals surface area contributed by atoms with Gasteiger partial charge in [0.05, 0.1) is 6.61 Å². The molecular weight excluding hydrogens is 350 g/mol. The molecule has 0 spiro atoms. The number of anilines is 1. The van der Waals surface area contributed by atoms with Crippen LogP contribution in [0.4, 0.5) is 5.69 Å². The molecule has 3 rings (SSSR count). The Kier molecular flexibility index (Phi) is 5.98. The Labute approximate surface area is 166 Å². The third-order valence-corrected chi connectivity index (χ3v) is 5.27. The van der Waals surface area contributed by atoms with Crippen molar-refractivity contribution in [2.45, 2.75) is 26.2 Å². The van der Waals surface area contributed by atoms with Gasteiger partial charge in [0, 0.05) is 25.7 Å². The van der Waals surface area contributed by atoms with Crippen LogP contribution in [0.15, 0.2) is 54.6 Å². The molecule has 0 amide bonds. The minimum absolute atomic E-state index is 0.179. The second-order valence-electron chi connectivity index (χ2n) is 7.46. The fourth-order valence-electron chi connectivity index (χ4n) is 3.68. The van der Waals surface area contributed by atoms with Gasteiger partial charge in [0.2, 0.25) is 0 Å². The summed E-state index contributed by atoms with van der Waals surface area (Å²) < 4.78 is 5.22. The number of carbonyl (C=O) groups excluding carboxylic acids is 2. The molecule has 2 atom stereocenters. The van der Waals surface area contributed by atoms with Gasteiger partial charge in [-0.25, -0.2) is 0 Å². The number of esters is 1. The lowest BCUT2D eigenvalue weighted by Crippen LogP contribution is -2.34. The lowest BCUT2D eigenvalue weighted by Gasteiger charge is -2.29. The first-order chi connectivity index (χ1) is 13.4. The number of benzene rings is 2. The monoisotopic (exact) mass is 377 g/mol. The lowest BCUT2D eigenvalue weighted by atomic mass is 9.73. The molecule has 0 aromatic heterocycles. The van der Waals surface area contributed by atoms with E-state index < -0.39 is 11.9 Å². The van der Waals surface area contributed by atoms with E-state index in [0.717, 1.165) is 28.0 Å². The molecular formula is C24H27NO3. The Hall–Kier alpha value is -2.88. The molecule has 2 aromatic carbocycles. The maximum Gasteiger partial charge on any atom is 0.317 e. The van der Waals surface area contributed by atoms with Crippen LogP contribution in [0.3, 0.4) is 0 Å². The van der Waals surface area contributed by atoms with E-state index in [1.165, 1.54) is 0 Å². The highest BCUT2D eigenvalue weighted by atomic mass is 16.5. The number of ether oxygens (including phenoxy) is 1. The van der Waals surface area contributed by atoms with Gasteiger partial charge in [-0.15, -0.1) is 0 Å². The van der Waals surface area contributed by atoms with Crippen molar-refractivity contribution in [3.05, 3.63) is 71.3 Å². The molecule has 0 fully saturated rings.